The molecule has 116 valence electrons. The van der Waals surface area contributed by atoms with Crippen molar-refractivity contribution < 1.29 is 0 Å². The third kappa shape index (κ3) is 2.91. The van der Waals surface area contributed by atoms with Gasteiger partial charge in [0.05, 0.1) is 0 Å². The second-order valence-corrected chi connectivity index (χ2v) is 6.93. The molecule has 4 heteroatoms. The van der Waals surface area contributed by atoms with Crippen molar-refractivity contribution in [1.82, 2.24) is 9.97 Å². The molecule has 1 N–H and O–H groups in total. The first-order valence-electron chi connectivity index (χ1n) is 7.88. The Morgan fingerprint density at radius 3 is 2.73 bits per heavy atom. The minimum absolute atomic E-state index is 0.117. The molecule has 1 aromatic heterocycles. The first kappa shape index (κ1) is 14.8. The molecule has 2 heterocycles. The fourth-order valence-corrected chi connectivity index (χ4v) is 3.16. The Hall–Kier alpha value is -2.10. The lowest BCUT2D eigenvalue weighted by molar-refractivity contribution is 0.475. The van der Waals surface area contributed by atoms with Crippen molar-refractivity contribution >= 4 is 11.8 Å². The number of nitrogens with zero attached hydrogens (tertiary/aromatic N) is 3. The zero-order chi connectivity index (χ0) is 15.7. The Balaban J connectivity index is 1.91. The summed E-state index contributed by atoms with van der Waals surface area (Å²) in [7, 11) is 0. The standard InChI is InChI=1S/C18H24N4/c1-13(2)20-17-19-10-9-16(21-17)22-11-14-7-5-6-8-15(14)18(3,4)12-22/h5-10,13H,11-12H2,1-4H3,(H,19,20,21). The van der Waals surface area contributed by atoms with Crippen LogP contribution in [0, 0.1) is 0 Å². The largest absolute Gasteiger partial charge is 0.352 e. The molecule has 2 aromatic rings. The van der Waals surface area contributed by atoms with E-state index in [1.54, 1.807) is 0 Å². The van der Waals surface area contributed by atoms with E-state index in [1.165, 1.54) is 11.1 Å². The second kappa shape index (κ2) is 5.59. The lowest BCUT2D eigenvalue weighted by Crippen LogP contribution is -2.42. The minimum atomic E-state index is 0.117. The molecule has 0 fully saturated rings. The average Bonchev–Trinajstić information content (AvgIpc) is 2.46. The van der Waals surface area contributed by atoms with Crippen molar-refractivity contribution in [2.45, 2.75) is 45.7 Å². The molecule has 0 saturated heterocycles. The molecule has 0 bridgehead atoms. The Bertz CT molecular complexity index is 664. The summed E-state index contributed by atoms with van der Waals surface area (Å²) in [5.74, 6) is 1.69. The van der Waals surface area contributed by atoms with Gasteiger partial charge in [-0.1, -0.05) is 38.1 Å². The van der Waals surface area contributed by atoms with E-state index in [-0.39, 0.29) is 5.41 Å². The van der Waals surface area contributed by atoms with Crippen LogP contribution in [0.1, 0.15) is 38.8 Å². The van der Waals surface area contributed by atoms with E-state index in [1.807, 2.05) is 12.3 Å². The van der Waals surface area contributed by atoms with Gasteiger partial charge in [0.25, 0.3) is 0 Å². The molecule has 1 aliphatic heterocycles. The SMILES string of the molecule is CC(C)Nc1nccc(N2Cc3ccccc3C(C)(C)C2)n1. The molecule has 1 aliphatic rings. The highest BCUT2D eigenvalue weighted by molar-refractivity contribution is 5.49. The molecule has 3 rings (SSSR count). The summed E-state index contributed by atoms with van der Waals surface area (Å²) in [6.45, 7) is 10.6. The normalized spacial score (nSPS) is 16.5. The van der Waals surface area contributed by atoms with Crippen LogP contribution in [-0.2, 0) is 12.0 Å². The predicted octanol–water partition coefficient (Wildman–Crippen LogP) is 3.59. The van der Waals surface area contributed by atoms with Crippen molar-refractivity contribution in [3.63, 3.8) is 0 Å². The van der Waals surface area contributed by atoms with Gasteiger partial charge in [-0.3, -0.25) is 0 Å². The zero-order valence-electron chi connectivity index (χ0n) is 13.8. The summed E-state index contributed by atoms with van der Waals surface area (Å²) >= 11 is 0. The summed E-state index contributed by atoms with van der Waals surface area (Å²) in [5.41, 5.74) is 2.95. The van der Waals surface area contributed by atoms with Gasteiger partial charge in [-0.25, -0.2) is 4.98 Å². The van der Waals surface area contributed by atoms with Gasteiger partial charge in [0.15, 0.2) is 0 Å². The highest BCUT2D eigenvalue weighted by Crippen LogP contribution is 2.34. The maximum atomic E-state index is 4.68. The number of nitrogens with one attached hydrogen (secondary N) is 1. The number of hydrogen-bond donors (Lipinski definition) is 1. The first-order valence-corrected chi connectivity index (χ1v) is 7.88. The number of hydrogen-bond acceptors (Lipinski definition) is 4. The van der Waals surface area contributed by atoms with Crippen molar-refractivity contribution in [2.75, 3.05) is 16.8 Å². The van der Waals surface area contributed by atoms with Crippen molar-refractivity contribution in [1.29, 1.82) is 0 Å². The lowest BCUT2D eigenvalue weighted by atomic mass is 9.78. The molecule has 0 atom stereocenters. The van der Waals surface area contributed by atoms with Crippen LogP contribution in [0.5, 0.6) is 0 Å². The summed E-state index contributed by atoms with van der Waals surface area (Å²) in [4.78, 5) is 11.3. The lowest BCUT2D eigenvalue weighted by Gasteiger charge is -2.40. The smallest absolute Gasteiger partial charge is 0.224 e. The van der Waals surface area contributed by atoms with Crippen molar-refractivity contribution in [3.8, 4) is 0 Å². The van der Waals surface area contributed by atoms with Crippen LogP contribution >= 0.6 is 0 Å². The molecule has 1 aromatic carbocycles. The number of benzene rings is 1. The third-order valence-electron chi connectivity index (χ3n) is 4.08. The first-order chi connectivity index (χ1) is 10.5. The Morgan fingerprint density at radius 1 is 1.18 bits per heavy atom. The van der Waals surface area contributed by atoms with E-state index in [2.05, 4.69) is 72.1 Å². The van der Waals surface area contributed by atoms with Crippen LogP contribution in [0.15, 0.2) is 36.5 Å². The average molecular weight is 296 g/mol. The molecule has 22 heavy (non-hydrogen) atoms. The van der Waals surface area contributed by atoms with Gasteiger partial charge in [-0.2, -0.15) is 4.98 Å². The van der Waals surface area contributed by atoms with Crippen molar-refractivity contribution in [3.05, 3.63) is 47.7 Å². The molecule has 0 radical (unpaired) electrons. The third-order valence-corrected chi connectivity index (χ3v) is 4.08. The van der Waals surface area contributed by atoms with E-state index >= 15 is 0 Å². The number of aromatic nitrogens is 2. The maximum absolute atomic E-state index is 4.68. The Kier molecular flexibility index (Phi) is 3.77. The predicted molar refractivity (Wildman–Crippen MR) is 91.3 cm³/mol. The summed E-state index contributed by atoms with van der Waals surface area (Å²) in [6, 6.07) is 11.0. The van der Waals surface area contributed by atoms with E-state index in [0.717, 1.165) is 18.9 Å². The van der Waals surface area contributed by atoms with Crippen LogP contribution in [0.2, 0.25) is 0 Å². The summed E-state index contributed by atoms with van der Waals surface area (Å²) in [5, 5.41) is 3.28. The molecule has 0 saturated carbocycles. The van der Waals surface area contributed by atoms with Gasteiger partial charge >= 0.3 is 0 Å². The van der Waals surface area contributed by atoms with Crippen LogP contribution in [0.3, 0.4) is 0 Å². The molecule has 0 spiro atoms. The minimum Gasteiger partial charge on any atom is -0.352 e. The van der Waals surface area contributed by atoms with Crippen LogP contribution < -0.4 is 10.2 Å². The van der Waals surface area contributed by atoms with Crippen molar-refractivity contribution in [2.24, 2.45) is 0 Å². The Morgan fingerprint density at radius 2 is 1.95 bits per heavy atom. The van der Waals surface area contributed by atoms with Gasteiger partial charge in [-0.05, 0) is 31.0 Å². The molecule has 0 amide bonds. The maximum Gasteiger partial charge on any atom is 0.224 e. The Labute approximate surface area is 132 Å². The topological polar surface area (TPSA) is 41.1 Å². The fraction of sp³-hybridized carbons (Fsp3) is 0.444. The number of fused-ring (bicyclic) bond motifs is 1. The second-order valence-electron chi connectivity index (χ2n) is 6.93. The molecule has 4 nitrogen and oxygen atoms in total. The van der Waals surface area contributed by atoms with Gasteiger partial charge < -0.3 is 10.2 Å². The molecular weight excluding hydrogens is 272 g/mol. The highest BCUT2D eigenvalue weighted by atomic mass is 15.2. The monoisotopic (exact) mass is 296 g/mol. The van der Waals surface area contributed by atoms with Crippen LogP contribution in [0.4, 0.5) is 11.8 Å². The fourth-order valence-electron chi connectivity index (χ4n) is 3.16. The highest BCUT2D eigenvalue weighted by Gasteiger charge is 2.32. The van der Waals surface area contributed by atoms with Gasteiger partial charge in [0.1, 0.15) is 5.82 Å². The zero-order valence-corrected chi connectivity index (χ0v) is 13.8. The van der Waals surface area contributed by atoms with Gasteiger partial charge in [0.2, 0.25) is 5.95 Å². The molecule has 0 unspecified atom stereocenters. The van der Waals surface area contributed by atoms with E-state index < -0.39 is 0 Å². The quantitative estimate of drug-likeness (QED) is 0.939. The van der Waals surface area contributed by atoms with E-state index in [9.17, 15) is 0 Å². The molecular formula is C18H24N4. The van der Waals surface area contributed by atoms with Crippen LogP contribution in [-0.4, -0.2) is 22.6 Å². The molecule has 0 aliphatic carbocycles. The van der Waals surface area contributed by atoms with E-state index in [4.69, 9.17) is 0 Å². The van der Waals surface area contributed by atoms with E-state index in [0.29, 0.717) is 12.0 Å². The summed E-state index contributed by atoms with van der Waals surface area (Å²) < 4.78 is 0. The van der Waals surface area contributed by atoms with Gasteiger partial charge in [0, 0.05) is 30.7 Å². The number of rotatable bonds is 3. The number of anilines is 2. The van der Waals surface area contributed by atoms with Crippen LogP contribution in [0.25, 0.3) is 0 Å². The van der Waals surface area contributed by atoms with Gasteiger partial charge in [-0.15, -0.1) is 0 Å². The summed E-state index contributed by atoms with van der Waals surface area (Å²) in [6.07, 6.45) is 1.83.